The van der Waals surface area contributed by atoms with Gasteiger partial charge in [-0.15, -0.1) is 0 Å². The summed E-state index contributed by atoms with van der Waals surface area (Å²) in [5.41, 5.74) is 0.524. The zero-order valence-electron chi connectivity index (χ0n) is 9.18. The number of ether oxygens (including phenoxy) is 1. The first-order valence-corrected chi connectivity index (χ1v) is 5.05. The molecule has 0 unspecified atom stereocenters. The normalized spacial score (nSPS) is 10.0. The number of hydrogen-bond donors (Lipinski definition) is 0. The Bertz CT molecular complexity index is 520. The zero-order valence-corrected chi connectivity index (χ0v) is 9.18. The van der Waals surface area contributed by atoms with Gasteiger partial charge >= 0.3 is 0 Å². The van der Waals surface area contributed by atoms with E-state index in [1.54, 1.807) is 12.1 Å². The first-order chi connectivity index (χ1) is 8.15. The molecule has 0 aliphatic rings. The molecule has 17 heavy (non-hydrogen) atoms. The minimum Gasteiger partial charge on any atom is -0.439 e. The lowest BCUT2D eigenvalue weighted by atomic mass is 10.2. The van der Waals surface area contributed by atoms with Crippen LogP contribution < -0.4 is 4.74 Å². The number of halogens is 1. The van der Waals surface area contributed by atoms with E-state index >= 15 is 0 Å². The highest BCUT2D eigenvalue weighted by Crippen LogP contribution is 2.19. The molecule has 2 aromatic rings. The summed E-state index contributed by atoms with van der Waals surface area (Å²) in [6.45, 7) is 1.47. The molecule has 0 N–H and O–H groups in total. The van der Waals surface area contributed by atoms with Crippen molar-refractivity contribution in [2.24, 2.45) is 0 Å². The van der Waals surface area contributed by atoms with E-state index in [-0.39, 0.29) is 11.6 Å². The monoisotopic (exact) mass is 231 g/mol. The van der Waals surface area contributed by atoms with Crippen LogP contribution in [0.2, 0.25) is 0 Å². The van der Waals surface area contributed by atoms with Crippen LogP contribution in [0.5, 0.6) is 11.6 Å². The van der Waals surface area contributed by atoms with Gasteiger partial charge in [-0.2, -0.15) is 0 Å². The van der Waals surface area contributed by atoms with Crippen LogP contribution in [-0.2, 0) is 0 Å². The smallest absolute Gasteiger partial charge is 0.219 e. The molecule has 0 fully saturated rings. The highest BCUT2D eigenvalue weighted by Gasteiger charge is 2.02. The van der Waals surface area contributed by atoms with Crippen molar-refractivity contribution in [1.29, 1.82) is 0 Å². The highest BCUT2D eigenvalue weighted by molar-refractivity contribution is 5.93. The van der Waals surface area contributed by atoms with Crippen LogP contribution in [0.4, 0.5) is 4.39 Å². The number of hydrogen-bond acceptors (Lipinski definition) is 3. The Morgan fingerprint density at radius 2 is 1.88 bits per heavy atom. The van der Waals surface area contributed by atoms with Crippen molar-refractivity contribution in [2.45, 2.75) is 6.92 Å². The Morgan fingerprint density at radius 1 is 1.18 bits per heavy atom. The second-order valence-corrected chi connectivity index (χ2v) is 3.50. The van der Waals surface area contributed by atoms with Crippen molar-refractivity contribution in [3.05, 3.63) is 54.0 Å². The van der Waals surface area contributed by atoms with Gasteiger partial charge in [0.1, 0.15) is 11.6 Å². The zero-order chi connectivity index (χ0) is 12.3. The van der Waals surface area contributed by atoms with Crippen LogP contribution in [0, 0.1) is 5.82 Å². The maximum atomic E-state index is 12.7. The van der Waals surface area contributed by atoms with E-state index in [0.29, 0.717) is 17.2 Å². The molecule has 0 radical (unpaired) electrons. The Kier molecular flexibility index (Phi) is 3.14. The molecule has 0 atom stereocenters. The molecule has 1 heterocycles. The molecule has 2 rings (SSSR count). The van der Waals surface area contributed by atoms with Crippen molar-refractivity contribution in [3.63, 3.8) is 0 Å². The van der Waals surface area contributed by atoms with Gasteiger partial charge in [-0.05, 0) is 37.3 Å². The third kappa shape index (κ3) is 2.87. The second kappa shape index (κ2) is 4.74. The lowest BCUT2D eigenvalue weighted by Crippen LogP contribution is -1.94. The van der Waals surface area contributed by atoms with Gasteiger partial charge in [0, 0.05) is 17.8 Å². The maximum Gasteiger partial charge on any atom is 0.219 e. The van der Waals surface area contributed by atoms with E-state index < -0.39 is 0 Å². The summed E-state index contributed by atoms with van der Waals surface area (Å²) in [7, 11) is 0. The van der Waals surface area contributed by atoms with Crippen molar-refractivity contribution in [3.8, 4) is 11.6 Å². The predicted molar refractivity (Wildman–Crippen MR) is 60.7 cm³/mol. The fourth-order valence-corrected chi connectivity index (χ4v) is 1.27. The van der Waals surface area contributed by atoms with Gasteiger partial charge < -0.3 is 4.74 Å². The predicted octanol–water partition coefficient (Wildman–Crippen LogP) is 3.22. The molecule has 4 heteroatoms. The number of carbonyl (C=O) groups excluding carboxylic acids is 1. The van der Waals surface area contributed by atoms with Crippen LogP contribution in [0.3, 0.4) is 0 Å². The topological polar surface area (TPSA) is 39.2 Å². The number of pyridine rings is 1. The Hall–Kier alpha value is -2.23. The van der Waals surface area contributed by atoms with Gasteiger partial charge in [0.25, 0.3) is 0 Å². The van der Waals surface area contributed by atoms with Crippen molar-refractivity contribution < 1.29 is 13.9 Å². The summed E-state index contributed by atoms with van der Waals surface area (Å²) >= 11 is 0. The van der Waals surface area contributed by atoms with E-state index in [0.717, 1.165) is 0 Å². The molecule has 0 spiro atoms. The van der Waals surface area contributed by atoms with E-state index in [1.165, 1.54) is 37.4 Å². The summed E-state index contributed by atoms with van der Waals surface area (Å²) < 4.78 is 18.0. The van der Waals surface area contributed by atoms with Crippen LogP contribution in [0.25, 0.3) is 0 Å². The second-order valence-electron chi connectivity index (χ2n) is 3.50. The van der Waals surface area contributed by atoms with Crippen molar-refractivity contribution in [2.75, 3.05) is 0 Å². The number of rotatable bonds is 3. The van der Waals surface area contributed by atoms with Crippen LogP contribution in [0.1, 0.15) is 17.3 Å². The van der Waals surface area contributed by atoms with Crippen LogP contribution in [-0.4, -0.2) is 10.8 Å². The fourth-order valence-electron chi connectivity index (χ4n) is 1.27. The molecule has 0 saturated carbocycles. The standard InChI is InChI=1S/C13H10FNO2/c1-9(16)10-2-7-13(15-8-10)17-12-5-3-11(14)4-6-12/h2-8H,1H3. The maximum absolute atomic E-state index is 12.7. The average molecular weight is 231 g/mol. The molecule has 86 valence electrons. The molecule has 1 aromatic heterocycles. The first kappa shape index (κ1) is 11.3. The van der Waals surface area contributed by atoms with Gasteiger partial charge in [-0.1, -0.05) is 0 Å². The Labute approximate surface area is 97.9 Å². The molecule has 0 aliphatic carbocycles. The highest BCUT2D eigenvalue weighted by atomic mass is 19.1. The summed E-state index contributed by atoms with van der Waals surface area (Å²) in [5, 5.41) is 0. The molecular weight excluding hydrogens is 221 g/mol. The van der Waals surface area contributed by atoms with E-state index in [9.17, 15) is 9.18 Å². The number of Topliss-reactive ketones (excluding diaryl/α,β-unsaturated/α-hetero) is 1. The molecule has 3 nitrogen and oxygen atoms in total. The van der Waals surface area contributed by atoms with E-state index in [1.807, 2.05) is 0 Å². The summed E-state index contributed by atoms with van der Waals surface area (Å²) in [4.78, 5) is 15.0. The van der Waals surface area contributed by atoms with Gasteiger partial charge in [0.2, 0.25) is 5.88 Å². The minimum absolute atomic E-state index is 0.0502. The number of benzene rings is 1. The number of ketones is 1. The third-order valence-electron chi connectivity index (χ3n) is 2.18. The largest absolute Gasteiger partial charge is 0.439 e. The van der Waals surface area contributed by atoms with Crippen LogP contribution in [0.15, 0.2) is 42.6 Å². The number of nitrogens with zero attached hydrogens (tertiary/aromatic N) is 1. The van der Waals surface area contributed by atoms with Gasteiger partial charge in [-0.25, -0.2) is 9.37 Å². The van der Waals surface area contributed by atoms with E-state index in [2.05, 4.69) is 4.98 Å². The first-order valence-electron chi connectivity index (χ1n) is 5.05. The fraction of sp³-hybridized carbons (Fsp3) is 0.0769. The van der Waals surface area contributed by atoms with Crippen molar-refractivity contribution >= 4 is 5.78 Å². The number of carbonyl (C=O) groups is 1. The lowest BCUT2D eigenvalue weighted by molar-refractivity contribution is 0.101. The average Bonchev–Trinajstić information content (AvgIpc) is 2.33. The lowest BCUT2D eigenvalue weighted by Gasteiger charge is -2.04. The van der Waals surface area contributed by atoms with Crippen molar-refractivity contribution in [1.82, 2.24) is 4.98 Å². The molecule has 0 amide bonds. The molecular formula is C13H10FNO2. The Morgan fingerprint density at radius 3 is 2.41 bits per heavy atom. The SMILES string of the molecule is CC(=O)c1ccc(Oc2ccc(F)cc2)nc1. The number of aromatic nitrogens is 1. The van der Waals surface area contributed by atoms with Gasteiger partial charge in [0.05, 0.1) is 0 Å². The summed E-state index contributed by atoms with van der Waals surface area (Å²) in [6.07, 6.45) is 1.45. The van der Waals surface area contributed by atoms with Gasteiger partial charge in [0.15, 0.2) is 5.78 Å². The quantitative estimate of drug-likeness (QED) is 0.761. The minimum atomic E-state index is -0.322. The summed E-state index contributed by atoms with van der Waals surface area (Å²) in [6, 6.07) is 8.86. The summed E-state index contributed by atoms with van der Waals surface area (Å²) in [5.74, 6) is 0.485. The molecule has 0 saturated heterocycles. The molecule has 0 aliphatic heterocycles. The molecule has 1 aromatic carbocycles. The van der Waals surface area contributed by atoms with Crippen LogP contribution >= 0.6 is 0 Å². The van der Waals surface area contributed by atoms with Gasteiger partial charge in [-0.3, -0.25) is 4.79 Å². The third-order valence-corrected chi connectivity index (χ3v) is 2.18. The van der Waals surface area contributed by atoms with E-state index in [4.69, 9.17) is 4.74 Å². The molecule has 0 bridgehead atoms. The Balaban J connectivity index is 2.13.